The fourth-order valence-corrected chi connectivity index (χ4v) is 2.20. The van der Waals surface area contributed by atoms with Crippen molar-refractivity contribution >= 4 is 11.3 Å². The first-order valence-electron chi connectivity index (χ1n) is 5.59. The van der Waals surface area contributed by atoms with E-state index >= 15 is 0 Å². The first-order valence-corrected chi connectivity index (χ1v) is 6.53. The summed E-state index contributed by atoms with van der Waals surface area (Å²) in [5, 5.41) is 2.00. The molecule has 3 nitrogen and oxygen atoms in total. The number of aromatic nitrogens is 1. The van der Waals surface area contributed by atoms with Crippen molar-refractivity contribution in [2.75, 3.05) is 6.54 Å². The average Bonchev–Trinajstić information content (AvgIpc) is 2.81. The van der Waals surface area contributed by atoms with Gasteiger partial charge >= 0.3 is 0 Å². The maximum atomic E-state index is 5.78. The lowest BCUT2D eigenvalue weighted by molar-refractivity contribution is 0.299. The monoisotopic (exact) mass is 248 g/mol. The molecule has 0 bridgehead atoms. The van der Waals surface area contributed by atoms with Crippen molar-refractivity contribution in [3.05, 3.63) is 45.9 Å². The van der Waals surface area contributed by atoms with Crippen molar-refractivity contribution in [2.24, 2.45) is 5.73 Å². The largest absolute Gasteiger partial charge is 0.487 e. The highest BCUT2D eigenvalue weighted by atomic mass is 32.1. The molecule has 1 heterocycles. The van der Waals surface area contributed by atoms with Crippen molar-refractivity contribution in [1.82, 2.24) is 4.98 Å². The van der Waals surface area contributed by atoms with Crippen molar-refractivity contribution in [1.29, 1.82) is 0 Å². The topological polar surface area (TPSA) is 48.1 Å². The van der Waals surface area contributed by atoms with E-state index in [4.69, 9.17) is 10.5 Å². The van der Waals surface area contributed by atoms with Crippen molar-refractivity contribution < 1.29 is 4.74 Å². The van der Waals surface area contributed by atoms with Crippen LogP contribution in [0, 0.1) is 6.92 Å². The first-order chi connectivity index (χ1) is 8.29. The third-order valence-corrected chi connectivity index (χ3v) is 3.12. The maximum absolute atomic E-state index is 5.78. The molecule has 0 atom stereocenters. The van der Waals surface area contributed by atoms with Crippen LogP contribution in [0.3, 0.4) is 0 Å². The van der Waals surface area contributed by atoms with Gasteiger partial charge in [0.15, 0.2) is 0 Å². The minimum Gasteiger partial charge on any atom is -0.487 e. The Labute approximate surface area is 105 Å². The zero-order valence-corrected chi connectivity index (χ0v) is 10.7. The lowest BCUT2D eigenvalue weighted by Gasteiger charge is -2.10. The molecule has 2 N–H and O–H groups in total. The Hall–Kier alpha value is -1.39. The van der Waals surface area contributed by atoms with Crippen LogP contribution in [0.1, 0.15) is 16.8 Å². The molecule has 0 aliphatic rings. The van der Waals surface area contributed by atoms with Gasteiger partial charge in [-0.15, -0.1) is 11.3 Å². The van der Waals surface area contributed by atoms with E-state index in [-0.39, 0.29) is 0 Å². The summed E-state index contributed by atoms with van der Waals surface area (Å²) in [6.45, 7) is 3.23. The molecule has 1 aromatic carbocycles. The van der Waals surface area contributed by atoms with Crippen LogP contribution in [-0.2, 0) is 13.0 Å². The number of ether oxygens (including phenoxy) is 1. The predicted octanol–water partition coefficient (Wildman–Crippen LogP) is 2.53. The second-order valence-electron chi connectivity index (χ2n) is 3.92. The van der Waals surface area contributed by atoms with E-state index in [2.05, 4.69) is 24.0 Å². The van der Waals surface area contributed by atoms with Gasteiger partial charge in [-0.05, 0) is 31.5 Å². The average molecular weight is 248 g/mol. The van der Waals surface area contributed by atoms with Gasteiger partial charge in [0.05, 0.1) is 11.2 Å². The molecule has 0 saturated heterocycles. The fraction of sp³-hybridized carbons (Fsp3) is 0.308. The van der Waals surface area contributed by atoms with Crippen LogP contribution in [0.5, 0.6) is 5.75 Å². The standard InChI is InChI=1S/C13H16N2OS/c1-10-2-3-13(11(6-10)4-5-14)16-7-12-8-17-9-15-12/h2-3,6,8-9H,4-5,7,14H2,1H3. The van der Waals surface area contributed by atoms with Crippen LogP contribution in [0.25, 0.3) is 0 Å². The van der Waals surface area contributed by atoms with E-state index in [1.54, 1.807) is 11.3 Å². The predicted molar refractivity (Wildman–Crippen MR) is 70.4 cm³/mol. The van der Waals surface area contributed by atoms with Crippen molar-refractivity contribution in [2.45, 2.75) is 20.0 Å². The Morgan fingerprint density at radius 1 is 1.41 bits per heavy atom. The molecule has 4 heteroatoms. The lowest BCUT2D eigenvalue weighted by atomic mass is 10.1. The molecule has 0 saturated carbocycles. The van der Waals surface area contributed by atoms with Gasteiger partial charge in [0.2, 0.25) is 0 Å². The zero-order valence-electron chi connectivity index (χ0n) is 9.85. The van der Waals surface area contributed by atoms with Gasteiger partial charge in [-0.1, -0.05) is 17.7 Å². The highest BCUT2D eigenvalue weighted by Gasteiger charge is 2.04. The van der Waals surface area contributed by atoms with Crippen LogP contribution < -0.4 is 10.5 Å². The Bertz CT molecular complexity index is 468. The normalized spacial score (nSPS) is 10.5. The van der Waals surface area contributed by atoms with Gasteiger partial charge in [0.1, 0.15) is 12.4 Å². The van der Waals surface area contributed by atoms with Crippen molar-refractivity contribution in [3.63, 3.8) is 0 Å². The summed E-state index contributed by atoms with van der Waals surface area (Å²) in [5.74, 6) is 0.911. The molecular formula is C13H16N2OS. The molecule has 17 heavy (non-hydrogen) atoms. The minimum atomic E-state index is 0.518. The van der Waals surface area contributed by atoms with Gasteiger partial charge in [-0.25, -0.2) is 4.98 Å². The molecule has 0 unspecified atom stereocenters. The number of hydrogen-bond donors (Lipinski definition) is 1. The summed E-state index contributed by atoms with van der Waals surface area (Å²) < 4.78 is 5.78. The number of benzene rings is 1. The molecule has 0 aliphatic carbocycles. The molecule has 2 rings (SSSR count). The molecule has 0 amide bonds. The van der Waals surface area contributed by atoms with E-state index < -0.39 is 0 Å². The Kier molecular flexibility index (Phi) is 4.12. The van der Waals surface area contributed by atoms with Crippen LogP contribution in [-0.4, -0.2) is 11.5 Å². The third-order valence-electron chi connectivity index (χ3n) is 2.49. The molecule has 90 valence electrons. The highest BCUT2D eigenvalue weighted by molar-refractivity contribution is 7.07. The Morgan fingerprint density at radius 2 is 2.29 bits per heavy atom. The zero-order chi connectivity index (χ0) is 12.1. The van der Waals surface area contributed by atoms with E-state index in [1.807, 2.05) is 17.0 Å². The van der Waals surface area contributed by atoms with Gasteiger partial charge in [0.25, 0.3) is 0 Å². The number of thiazole rings is 1. The third kappa shape index (κ3) is 3.28. The number of nitrogens with two attached hydrogens (primary N) is 1. The fourth-order valence-electron chi connectivity index (χ4n) is 1.66. The maximum Gasteiger partial charge on any atom is 0.131 e. The number of aryl methyl sites for hydroxylation is 1. The number of nitrogens with zero attached hydrogens (tertiary/aromatic N) is 1. The Balaban J connectivity index is 2.08. The number of rotatable bonds is 5. The van der Waals surface area contributed by atoms with E-state index in [1.165, 1.54) is 11.1 Å². The van der Waals surface area contributed by atoms with Gasteiger partial charge in [-0.2, -0.15) is 0 Å². The van der Waals surface area contributed by atoms with Gasteiger partial charge < -0.3 is 10.5 Å². The Morgan fingerprint density at radius 3 is 3.00 bits per heavy atom. The summed E-state index contributed by atoms with van der Waals surface area (Å²) in [6, 6.07) is 6.19. The minimum absolute atomic E-state index is 0.518. The van der Waals surface area contributed by atoms with Crippen molar-refractivity contribution in [3.8, 4) is 5.75 Å². The summed E-state index contributed by atoms with van der Waals surface area (Å²) in [6.07, 6.45) is 0.841. The molecule has 1 aromatic heterocycles. The summed E-state index contributed by atoms with van der Waals surface area (Å²) in [5.41, 5.74) is 10.8. The SMILES string of the molecule is Cc1ccc(OCc2cscn2)c(CCN)c1. The molecule has 0 fully saturated rings. The van der Waals surface area contributed by atoms with E-state index in [9.17, 15) is 0 Å². The second kappa shape index (κ2) is 5.80. The summed E-state index contributed by atoms with van der Waals surface area (Å²) >= 11 is 1.58. The highest BCUT2D eigenvalue weighted by Crippen LogP contribution is 2.21. The quantitative estimate of drug-likeness (QED) is 0.884. The molecule has 2 aromatic rings. The molecule has 0 spiro atoms. The smallest absolute Gasteiger partial charge is 0.131 e. The summed E-state index contributed by atoms with van der Waals surface area (Å²) in [7, 11) is 0. The van der Waals surface area contributed by atoms with E-state index in [0.29, 0.717) is 13.2 Å². The molecule has 0 aliphatic heterocycles. The lowest BCUT2D eigenvalue weighted by Crippen LogP contribution is -2.06. The van der Waals surface area contributed by atoms with E-state index in [0.717, 1.165) is 17.9 Å². The van der Waals surface area contributed by atoms with Gasteiger partial charge in [0, 0.05) is 5.38 Å². The van der Waals surface area contributed by atoms with Gasteiger partial charge in [-0.3, -0.25) is 0 Å². The number of hydrogen-bond acceptors (Lipinski definition) is 4. The van der Waals surface area contributed by atoms with Crippen LogP contribution in [0.2, 0.25) is 0 Å². The van der Waals surface area contributed by atoms with Crippen LogP contribution in [0.4, 0.5) is 0 Å². The summed E-state index contributed by atoms with van der Waals surface area (Å²) in [4.78, 5) is 4.19. The molecule has 0 radical (unpaired) electrons. The molecular weight excluding hydrogens is 232 g/mol. The first kappa shape index (κ1) is 12.1. The second-order valence-corrected chi connectivity index (χ2v) is 4.64. The van der Waals surface area contributed by atoms with Crippen LogP contribution >= 0.6 is 11.3 Å². The van der Waals surface area contributed by atoms with Crippen LogP contribution in [0.15, 0.2) is 29.1 Å².